The monoisotopic (exact) mass is 352 g/mol. The number of rotatable bonds is 7. The molecule has 1 saturated carbocycles. The topological polar surface area (TPSA) is 78.9 Å². The van der Waals surface area contributed by atoms with E-state index < -0.39 is 22.5 Å². The number of carbonyl (C=O) groups is 1. The molecule has 1 fully saturated rings. The normalized spacial score (nSPS) is 24.3. The third-order valence-electron chi connectivity index (χ3n) is 3.91. The minimum Gasteiger partial charge on any atom is -0.349 e. The number of carbonyl (C=O) groups excluding carboxylic acids is 1. The van der Waals surface area contributed by atoms with Gasteiger partial charge in [-0.3, -0.25) is 8.98 Å². The summed E-state index contributed by atoms with van der Waals surface area (Å²) < 4.78 is 40.3. The van der Waals surface area contributed by atoms with Gasteiger partial charge in [0.15, 0.2) is 12.1 Å². The van der Waals surface area contributed by atoms with Gasteiger partial charge in [-0.1, -0.05) is 17.7 Å². The van der Waals surface area contributed by atoms with Crippen LogP contribution in [0.3, 0.4) is 0 Å². The summed E-state index contributed by atoms with van der Waals surface area (Å²) in [6.07, 6.45) is 3.56. The lowest BCUT2D eigenvalue weighted by atomic mass is 10.2. The first-order chi connectivity index (χ1) is 11.4. The molecule has 7 heteroatoms. The highest BCUT2D eigenvalue weighted by Gasteiger charge is 2.30. The third-order valence-corrected chi connectivity index (χ3v) is 5.21. The van der Waals surface area contributed by atoms with E-state index in [0.29, 0.717) is 12.5 Å². The molecular formula is C17H20O6S. The molecule has 6 nitrogen and oxygen atoms in total. The second-order valence-corrected chi connectivity index (χ2v) is 7.70. The van der Waals surface area contributed by atoms with Crippen molar-refractivity contribution in [3.05, 3.63) is 42.0 Å². The second kappa shape index (κ2) is 7.14. The van der Waals surface area contributed by atoms with E-state index in [9.17, 15) is 13.2 Å². The molecule has 2 aliphatic rings. The van der Waals surface area contributed by atoms with Crippen LogP contribution >= 0.6 is 0 Å². The van der Waals surface area contributed by atoms with Gasteiger partial charge in [0.1, 0.15) is 12.7 Å². The number of hydrogen-bond acceptors (Lipinski definition) is 6. The van der Waals surface area contributed by atoms with Crippen molar-refractivity contribution >= 4 is 15.9 Å². The Balaban J connectivity index is 1.57. The van der Waals surface area contributed by atoms with Crippen LogP contribution in [0, 0.1) is 12.8 Å². The van der Waals surface area contributed by atoms with Gasteiger partial charge in [-0.2, -0.15) is 8.42 Å². The molecule has 0 spiro atoms. The SMILES string of the molecule is Cc1ccc(S(=O)(=O)OC[C@H]2O[C@H](OCC3CC3)C=CC2=O)cc1. The fourth-order valence-electron chi connectivity index (χ4n) is 2.21. The summed E-state index contributed by atoms with van der Waals surface area (Å²) in [7, 11) is -3.93. The molecule has 0 unspecified atom stereocenters. The van der Waals surface area contributed by atoms with Crippen molar-refractivity contribution in [3.63, 3.8) is 0 Å². The molecule has 0 bridgehead atoms. The summed E-state index contributed by atoms with van der Waals surface area (Å²) in [4.78, 5) is 11.9. The second-order valence-electron chi connectivity index (χ2n) is 6.08. The van der Waals surface area contributed by atoms with Crippen LogP contribution in [0.4, 0.5) is 0 Å². The largest absolute Gasteiger partial charge is 0.349 e. The molecule has 3 rings (SSSR count). The first-order valence-corrected chi connectivity index (χ1v) is 9.30. The zero-order chi connectivity index (χ0) is 17.2. The van der Waals surface area contributed by atoms with E-state index >= 15 is 0 Å². The van der Waals surface area contributed by atoms with Crippen molar-refractivity contribution in [3.8, 4) is 0 Å². The summed E-state index contributed by atoms with van der Waals surface area (Å²) >= 11 is 0. The molecule has 0 saturated heterocycles. The summed E-state index contributed by atoms with van der Waals surface area (Å²) in [5.41, 5.74) is 0.945. The van der Waals surface area contributed by atoms with E-state index in [1.165, 1.54) is 24.3 Å². The maximum atomic E-state index is 12.2. The highest BCUT2D eigenvalue weighted by molar-refractivity contribution is 7.86. The molecule has 24 heavy (non-hydrogen) atoms. The highest BCUT2D eigenvalue weighted by Crippen LogP contribution is 2.29. The molecule has 1 heterocycles. The Kier molecular flexibility index (Phi) is 5.15. The molecule has 0 N–H and O–H groups in total. The average molecular weight is 352 g/mol. The molecule has 1 aliphatic heterocycles. The Hall–Kier alpha value is -1.54. The highest BCUT2D eigenvalue weighted by atomic mass is 32.2. The lowest BCUT2D eigenvalue weighted by Gasteiger charge is -2.24. The van der Waals surface area contributed by atoms with Gasteiger partial charge in [0, 0.05) is 0 Å². The van der Waals surface area contributed by atoms with Crippen molar-refractivity contribution < 1.29 is 26.9 Å². The molecule has 0 aromatic heterocycles. The van der Waals surface area contributed by atoms with Crippen LogP contribution in [0.1, 0.15) is 18.4 Å². The van der Waals surface area contributed by atoms with Crippen molar-refractivity contribution in [2.45, 2.75) is 37.1 Å². The summed E-state index contributed by atoms with van der Waals surface area (Å²) in [6, 6.07) is 6.30. The molecule has 1 aromatic carbocycles. The van der Waals surface area contributed by atoms with Crippen LogP contribution in [0.5, 0.6) is 0 Å². The number of benzene rings is 1. The van der Waals surface area contributed by atoms with Gasteiger partial charge >= 0.3 is 0 Å². The molecular weight excluding hydrogens is 332 g/mol. The Morgan fingerprint density at radius 1 is 1.17 bits per heavy atom. The Morgan fingerprint density at radius 3 is 2.54 bits per heavy atom. The van der Waals surface area contributed by atoms with Crippen molar-refractivity contribution in [2.75, 3.05) is 13.2 Å². The van der Waals surface area contributed by atoms with Crippen LogP contribution in [0.25, 0.3) is 0 Å². The van der Waals surface area contributed by atoms with Crippen LogP contribution < -0.4 is 0 Å². The van der Waals surface area contributed by atoms with Crippen molar-refractivity contribution in [1.29, 1.82) is 0 Å². The minimum absolute atomic E-state index is 0.0495. The van der Waals surface area contributed by atoms with Gasteiger partial charge < -0.3 is 9.47 Å². The van der Waals surface area contributed by atoms with E-state index in [-0.39, 0.29) is 17.3 Å². The third kappa shape index (κ3) is 4.51. The summed E-state index contributed by atoms with van der Waals surface area (Å²) in [5.74, 6) is 0.233. The van der Waals surface area contributed by atoms with E-state index in [1.807, 2.05) is 6.92 Å². The number of aryl methyl sites for hydroxylation is 1. The molecule has 0 amide bonds. The predicted molar refractivity (Wildman–Crippen MR) is 85.8 cm³/mol. The quantitative estimate of drug-likeness (QED) is 0.698. The van der Waals surface area contributed by atoms with E-state index in [1.54, 1.807) is 12.1 Å². The maximum Gasteiger partial charge on any atom is 0.297 e. The molecule has 1 aliphatic carbocycles. The fraction of sp³-hybridized carbons (Fsp3) is 0.471. The molecule has 1 aromatic rings. The van der Waals surface area contributed by atoms with E-state index in [4.69, 9.17) is 13.7 Å². The van der Waals surface area contributed by atoms with Gasteiger partial charge in [-0.25, -0.2) is 0 Å². The fourth-order valence-corrected chi connectivity index (χ4v) is 3.12. The van der Waals surface area contributed by atoms with Gasteiger partial charge in [0.25, 0.3) is 10.1 Å². The van der Waals surface area contributed by atoms with Crippen LogP contribution in [-0.4, -0.2) is 39.8 Å². The maximum absolute atomic E-state index is 12.2. The zero-order valence-electron chi connectivity index (χ0n) is 13.4. The molecule has 130 valence electrons. The lowest BCUT2D eigenvalue weighted by molar-refractivity contribution is -0.168. The summed E-state index contributed by atoms with van der Waals surface area (Å²) in [5, 5.41) is 0. The Morgan fingerprint density at radius 2 is 1.88 bits per heavy atom. The van der Waals surface area contributed by atoms with Crippen LogP contribution in [0.15, 0.2) is 41.3 Å². The van der Waals surface area contributed by atoms with Crippen molar-refractivity contribution in [1.82, 2.24) is 0 Å². The van der Waals surface area contributed by atoms with Gasteiger partial charge in [-0.05, 0) is 50.0 Å². The molecule has 0 radical (unpaired) electrons. The van der Waals surface area contributed by atoms with Crippen molar-refractivity contribution in [2.24, 2.45) is 5.92 Å². The van der Waals surface area contributed by atoms with Gasteiger partial charge in [-0.15, -0.1) is 0 Å². The number of ether oxygens (including phenoxy) is 2. The first-order valence-electron chi connectivity index (χ1n) is 7.89. The van der Waals surface area contributed by atoms with E-state index in [0.717, 1.165) is 18.4 Å². The zero-order valence-corrected chi connectivity index (χ0v) is 14.2. The van der Waals surface area contributed by atoms with E-state index in [2.05, 4.69) is 0 Å². The predicted octanol–water partition coefficient (Wildman–Crippen LogP) is 1.98. The standard InChI is InChI=1S/C17H20O6S/c1-12-2-6-14(7-3-12)24(19,20)22-11-16-15(18)8-9-17(23-16)21-10-13-4-5-13/h2-3,6-9,13,16-17H,4-5,10-11H2,1H3/t16-,17+/m1/s1. The number of hydrogen-bond donors (Lipinski definition) is 0. The smallest absolute Gasteiger partial charge is 0.297 e. The van der Waals surface area contributed by atoms with Gasteiger partial charge in [0.05, 0.1) is 11.5 Å². The average Bonchev–Trinajstić information content (AvgIpc) is 3.37. The van der Waals surface area contributed by atoms with Crippen LogP contribution in [0.2, 0.25) is 0 Å². The molecule has 2 atom stereocenters. The lowest BCUT2D eigenvalue weighted by Crippen LogP contribution is -2.37. The number of ketones is 1. The summed E-state index contributed by atoms with van der Waals surface area (Å²) in [6.45, 7) is 2.07. The minimum atomic E-state index is -3.93. The Labute approximate surface area is 141 Å². The first kappa shape index (κ1) is 17.3. The Bertz CT molecular complexity index is 718. The van der Waals surface area contributed by atoms with Crippen LogP contribution in [-0.2, 0) is 28.6 Å². The van der Waals surface area contributed by atoms with Gasteiger partial charge in [0.2, 0.25) is 0 Å².